The molecule has 10 heteroatoms. The number of hydrogen-bond acceptors (Lipinski definition) is 8. The smallest absolute Gasteiger partial charge is 0.267 e. The number of nitrogens with one attached hydrogen (secondary N) is 1. The minimum atomic E-state index is -0.307. The van der Waals surface area contributed by atoms with Crippen LogP contribution in [0.3, 0.4) is 0 Å². The van der Waals surface area contributed by atoms with E-state index < -0.39 is 0 Å². The van der Waals surface area contributed by atoms with Crippen LogP contribution in [0.1, 0.15) is 0 Å². The van der Waals surface area contributed by atoms with E-state index in [9.17, 15) is 9.59 Å². The van der Waals surface area contributed by atoms with Gasteiger partial charge in [0.15, 0.2) is 23.2 Å². The van der Waals surface area contributed by atoms with E-state index in [1.165, 1.54) is 25.6 Å². The number of ether oxygens (including phenoxy) is 3. The van der Waals surface area contributed by atoms with Crippen LogP contribution < -0.4 is 25.1 Å². The fraction of sp³-hybridized carbons (Fsp3) is 0.120. The van der Waals surface area contributed by atoms with Gasteiger partial charge in [-0.15, -0.1) is 11.3 Å². The highest BCUT2D eigenvalue weighted by Crippen LogP contribution is 2.39. The molecular formula is C25H18N4O5S. The molecule has 1 N–H and O–H groups in total. The summed E-state index contributed by atoms with van der Waals surface area (Å²) in [7, 11) is 3.04. The van der Waals surface area contributed by atoms with Gasteiger partial charge in [0, 0.05) is 33.9 Å². The van der Waals surface area contributed by atoms with Crippen molar-refractivity contribution in [3.05, 3.63) is 64.5 Å². The van der Waals surface area contributed by atoms with Crippen molar-refractivity contribution in [1.82, 2.24) is 14.4 Å². The third-order valence-electron chi connectivity index (χ3n) is 5.91. The summed E-state index contributed by atoms with van der Waals surface area (Å²) in [5, 5.41) is 7.74. The number of carbonyl (C=O) groups excluding carboxylic acids is 1. The Balaban J connectivity index is 1.51. The molecule has 0 unspecified atom stereocenters. The van der Waals surface area contributed by atoms with E-state index in [0.29, 0.717) is 49.7 Å². The largest absolute Gasteiger partial charge is 0.493 e. The molecule has 6 aromatic rings. The minimum absolute atomic E-state index is 0.169. The van der Waals surface area contributed by atoms with E-state index in [2.05, 4.69) is 15.3 Å². The molecule has 1 amide bonds. The molecule has 4 heterocycles. The van der Waals surface area contributed by atoms with Crippen molar-refractivity contribution in [2.24, 2.45) is 0 Å². The van der Waals surface area contributed by atoms with Gasteiger partial charge in [-0.2, -0.15) is 0 Å². The zero-order chi connectivity index (χ0) is 24.1. The summed E-state index contributed by atoms with van der Waals surface area (Å²) in [6.07, 6.45) is 3.33. The molecule has 0 fully saturated rings. The van der Waals surface area contributed by atoms with Gasteiger partial charge in [-0.05, 0) is 36.4 Å². The van der Waals surface area contributed by atoms with Gasteiger partial charge in [0.1, 0.15) is 5.75 Å². The van der Waals surface area contributed by atoms with Crippen molar-refractivity contribution in [2.45, 2.75) is 0 Å². The van der Waals surface area contributed by atoms with Gasteiger partial charge in [-0.25, -0.2) is 4.98 Å². The summed E-state index contributed by atoms with van der Waals surface area (Å²) in [6.45, 7) is -0.169. The molecule has 0 bridgehead atoms. The standard InChI is InChI=1S/C25H18N4O5S/c1-32-18-6-4-15-20(23(18)33-2)24(31)29-17-5-3-13(34-12-19(30)28-25-27-9-10-35-25)11-16(17)14-7-8-26-21(15)22(14)29/h3-11H,12H2,1-2H3,(H,27,28,30). The number of methoxy groups -OCH3 is 2. The summed E-state index contributed by atoms with van der Waals surface area (Å²) in [5.74, 6) is 1.04. The van der Waals surface area contributed by atoms with Crippen LogP contribution in [0.4, 0.5) is 5.13 Å². The number of pyridine rings is 2. The van der Waals surface area contributed by atoms with E-state index in [0.717, 1.165) is 10.8 Å². The average molecular weight is 487 g/mol. The molecule has 174 valence electrons. The molecule has 9 nitrogen and oxygen atoms in total. The number of fused-ring (bicyclic) bond motifs is 5. The molecule has 0 aliphatic heterocycles. The zero-order valence-corrected chi connectivity index (χ0v) is 19.5. The highest BCUT2D eigenvalue weighted by atomic mass is 32.1. The van der Waals surface area contributed by atoms with Crippen molar-refractivity contribution < 1.29 is 19.0 Å². The van der Waals surface area contributed by atoms with E-state index in [1.54, 1.807) is 34.3 Å². The fourth-order valence-corrected chi connectivity index (χ4v) is 5.02. The third-order valence-corrected chi connectivity index (χ3v) is 6.60. The lowest BCUT2D eigenvalue weighted by atomic mass is 10.1. The molecule has 6 rings (SSSR count). The van der Waals surface area contributed by atoms with E-state index in [-0.39, 0.29) is 18.1 Å². The molecule has 0 aliphatic rings. The number of thiazole rings is 1. The van der Waals surface area contributed by atoms with Crippen molar-refractivity contribution in [3.8, 4) is 17.2 Å². The van der Waals surface area contributed by atoms with Gasteiger partial charge in [0.2, 0.25) is 0 Å². The van der Waals surface area contributed by atoms with Crippen LogP contribution in [0, 0.1) is 0 Å². The molecule has 0 spiro atoms. The first-order chi connectivity index (χ1) is 17.1. The minimum Gasteiger partial charge on any atom is -0.493 e. The quantitative estimate of drug-likeness (QED) is 0.354. The maximum absolute atomic E-state index is 13.8. The molecule has 0 saturated carbocycles. The van der Waals surface area contributed by atoms with Crippen LogP contribution in [0.15, 0.2) is 59.0 Å². The zero-order valence-electron chi connectivity index (χ0n) is 18.7. The normalized spacial score (nSPS) is 11.5. The lowest BCUT2D eigenvalue weighted by molar-refractivity contribution is -0.118. The summed E-state index contributed by atoms with van der Waals surface area (Å²) in [5.41, 5.74) is 1.87. The van der Waals surface area contributed by atoms with Crippen molar-refractivity contribution in [1.29, 1.82) is 0 Å². The molecular weight excluding hydrogens is 468 g/mol. The first kappa shape index (κ1) is 21.1. The summed E-state index contributed by atoms with van der Waals surface area (Å²) >= 11 is 1.33. The highest BCUT2D eigenvalue weighted by Gasteiger charge is 2.22. The van der Waals surface area contributed by atoms with Gasteiger partial charge in [0.25, 0.3) is 11.5 Å². The number of rotatable bonds is 6. The highest BCUT2D eigenvalue weighted by molar-refractivity contribution is 7.13. The van der Waals surface area contributed by atoms with Gasteiger partial charge in [-0.1, -0.05) is 0 Å². The number of aromatic nitrogens is 3. The van der Waals surface area contributed by atoms with Crippen molar-refractivity contribution >= 4 is 60.5 Å². The number of benzene rings is 2. The first-order valence-corrected chi connectivity index (χ1v) is 11.5. The first-order valence-electron chi connectivity index (χ1n) is 10.7. The number of amides is 1. The molecule has 4 aromatic heterocycles. The number of hydrogen-bond donors (Lipinski definition) is 1. The second-order valence-corrected chi connectivity index (χ2v) is 8.67. The lowest BCUT2D eigenvalue weighted by Crippen LogP contribution is -2.20. The predicted molar refractivity (Wildman–Crippen MR) is 135 cm³/mol. The Hall–Kier alpha value is -4.44. The van der Waals surface area contributed by atoms with Gasteiger partial charge >= 0.3 is 0 Å². The van der Waals surface area contributed by atoms with Gasteiger partial charge in [0.05, 0.1) is 36.2 Å². The molecule has 0 saturated heterocycles. The van der Waals surface area contributed by atoms with Crippen LogP contribution in [-0.2, 0) is 4.79 Å². The Labute approximate surface area is 201 Å². The van der Waals surface area contributed by atoms with Gasteiger partial charge in [-0.3, -0.25) is 24.3 Å². The fourth-order valence-electron chi connectivity index (χ4n) is 4.48. The summed E-state index contributed by atoms with van der Waals surface area (Å²) in [4.78, 5) is 34.6. The monoisotopic (exact) mass is 486 g/mol. The van der Waals surface area contributed by atoms with Crippen molar-refractivity contribution in [2.75, 3.05) is 26.1 Å². The molecule has 0 atom stereocenters. The van der Waals surface area contributed by atoms with Crippen LogP contribution in [0.2, 0.25) is 0 Å². The van der Waals surface area contributed by atoms with Crippen LogP contribution in [0.5, 0.6) is 17.2 Å². The van der Waals surface area contributed by atoms with Gasteiger partial charge < -0.3 is 14.2 Å². The van der Waals surface area contributed by atoms with E-state index in [4.69, 9.17) is 14.2 Å². The Kier molecular flexibility index (Phi) is 4.89. The average Bonchev–Trinajstić information content (AvgIpc) is 3.51. The maximum Gasteiger partial charge on any atom is 0.267 e. The third kappa shape index (κ3) is 3.22. The SMILES string of the molecule is COc1ccc2c(c1OC)c(=O)n1c3ccc(OCC(=O)Nc4nccs4)cc3c3ccnc2c31. The predicted octanol–water partition coefficient (Wildman–Crippen LogP) is 4.08. The van der Waals surface area contributed by atoms with E-state index >= 15 is 0 Å². The molecule has 0 aliphatic carbocycles. The summed E-state index contributed by atoms with van der Waals surface area (Å²) in [6, 6.07) is 10.8. The Morgan fingerprint density at radius 1 is 1.03 bits per heavy atom. The van der Waals surface area contributed by atoms with E-state index in [1.807, 2.05) is 24.3 Å². The second-order valence-electron chi connectivity index (χ2n) is 7.77. The lowest BCUT2D eigenvalue weighted by Gasteiger charge is -2.12. The second kappa shape index (κ2) is 8.10. The van der Waals surface area contributed by atoms with Crippen LogP contribution in [0.25, 0.3) is 38.1 Å². The maximum atomic E-state index is 13.8. The number of anilines is 1. The molecule has 35 heavy (non-hydrogen) atoms. The van der Waals surface area contributed by atoms with Crippen LogP contribution >= 0.6 is 11.3 Å². The Bertz CT molecular complexity index is 1800. The molecule has 2 aromatic carbocycles. The topological polar surface area (TPSA) is 104 Å². The van der Waals surface area contributed by atoms with Crippen LogP contribution in [-0.4, -0.2) is 41.1 Å². The Morgan fingerprint density at radius 2 is 1.91 bits per heavy atom. The van der Waals surface area contributed by atoms with Crippen molar-refractivity contribution in [3.63, 3.8) is 0 Å². The number of carbonyl (C=O) groups is 1. The Morgan fingerprint density at radius 3 is 2.69 bits per heavy atom. The number of nitrogens with zero attached hydrogens (tertiary/aromatic N) is 3. The summed E-state index contributed by atoms with van der Waals surface area (Å²) < 4.78 is 18.4. The molecule has 0 radical (unpaired) electrons.